The quantitative estimate of drug-likeness (QED) is 0.536. The molecule has 4 aromatic rings. The Morgan fingerprint density at radius 3 is 2.33 bits per heavy atom. The highest BCUT2D eigenvalue weighted by molar-refractivity contribution is 5.81. The summed E-state index contributed by atoms with van der Waals surface area (Å²) in [5, 5.41) is 23.3. The van der Waals surface area contributed by atoms with Gasteiger partial charge in [0.2, 0.25) is 5.82 Å². The number of aliphatic hydroxyl groups excluding tert-OH is 1. The van der Waals surface area contributed by atoms with Crippen LogP contribution in [0.1, 0.15) is 5.82 Å². The average Bonchev–Trinajstić information content (AvgIpc) is 3.34. The number of aliphatic hydroxyl groups is 1. The van der Waals surface area contributed by atoms with Crippen LogP contribution in [0.2, 0.25) is 0 Å². The third-order valence-electron chi connectivity index (χ3n) is 3.80. The van der Waals surface area contributed by atoms with E-state index in [1.165, 1.54) is 0 Å². The van der Waals surface area contributed by atoms with Crippen molar-refractivity contribution in [3.63, 3.8) is 0 Å². The second-order valence-electron chi connectivity index (χ2n) is 5.26. The van der Waals surface area contributed by atoms with Gasteiger partial charge in [-0.3, -0.25) is 0 Å². The highest BCUT2D eigenvalue weighted by Gasteiger charge is 2.11. The van der Waals surface area contributed by atoms with Crippen molar-refractivity contribution in [3.8, 4) is 33.8 Å². The van der Waals surface area contributed by atoms with Gasteiger partial charge < -0.3 is 10.1 Å². The zero-order chi connectivity index (χ0) is 16.4. The minimum Gasteiger partial charge on any atom is -0.388 e. The number of aromatic nitrogens is 6. The second-order valence-corrected chi connectivity index (χ2v) is 5.26. The second kappa shape index (κ2) is 6.05. The molecule has 0 atom stereocenters. The fourth-order valence-electron chi connectivity index (χ4n) is 2.62. The summed E-state index contributed by atoms with van der Waals surface area (Å²) >= 11 is 0. The lowest BCUT2D eigenvalue weighted by atomic mass is 9.98. The maximum absolute atomic E-state index is 9.10. The highest BCUT2D eigenvalue weighted by atomic mass is 16.3. The van der Waals surface area contributed by atoms with Gasteiger partial charge >= 0.3 is 0 Å². The molecule has 0 aliphatic rings. The number of tetrazole rings is 1. The van der Waals surface area contributed by atoms with Gasteiger partial charge in [-0.05, 0) is 21.9 Å². The molecule has 0 radical (unpaired) electrons. The van der Waals surface area contributed by atoms with Crippen LogP contribution in [-0.2, 0) is 6.61 Å². The SMILES string of the molecule is OCc1ncc(-c2ccc(-c3ccccc3-c3nn[nH]n3)cc2)[nH]1. The van der Waals surface area contributed by atoms with E-state index in [-0.39, 0.29) is 6.61 Å². The van der Waals surface area contributed by atoms with Gasteiger partial charge in [0.25, 0.3) is 0 Å². The third-order valence-corrected chi connectivity index (χ3v) is 3.80. The molecule has 24 heavy (non-hydrogen) atoms. The molecule has 4 rings (SSSR count). The zero-order valence-electron chi connectivity index (χ0n) is 12.6. The fourth-order valence-corrected chi connectivity index (χ4v) is 2.62. The van der Waals surface area contributed by atoms with E-state index in [0.717, 1.165) is 27.9 Å². The predicted octanol–water partition coefficient (Wildman–Crippen LogP) is 2.42. The van der Waals surface area contributed by atoms with Gasteiger partial charge in [0.05, 0.1) is 11.9 Å². The van der Waals surface area contributed by atoms with Gasteiger partial charge in [0.1, 0.15) is 12.4 Å². The van der Waals surface area contributed by atoms with Crippen LogP contribution in [-0.4, -0.2) is 35.7 Å². The first kappa shape index (κ1) is 14.3. The number of nitrogens with one attached hydrogen (secondary N) is 2. The molecule has 7 heteroatoms. The fraction of sp³-hybridized carbons (Fsp3) is 0.0588. The average molecular weight is 318 g/mol. The highest BCUT2D eigenvalue weighted by Crippen LogP contribution is 2.30. The molecule has 2 heterocycles. The van der Waals surface area contributed by atoms with Crippen LogP contribution in [0.4, 0.5) is 0 Å². The first-order chi connectivity index (χ1) is 11.8. The lowest BCUT2D eigenvalue weighted by molar-refractivity contribution is 0.272. The summed E-state index contributed by atoms with van der Waals surface area (Å²) in [6, 6.07) is 16.0. The number of rotatable bonds is 4. The number of H-pyrrole nitrogens is 2. The maximum atomic E-state index is 9.10. The molecule has 118 valence electrons. The summed E-state index contributed by atoms with van der Waals surface area (Å²) in [7, 11) is 0. The summed E-state index contributed by atoms with van der Waals surface area (Å²) < 4.78 is 0. The predicted molar refractivity (Wildman–Crippen MR) is 88.6 cm³/mol. The summed E-state index contributed by atoms with van der Waals surface area (Å²) in [5.74, 6) is 1.12. The Morgan fingerprint density at radius 1 is 0.917 bits per heavy atom. The topological polar surface area (TPSA) is 103 Å². The van der Waals surface area contributed by atoms with Crippen molar-refractivity contribution in [2.75, 3.05) is 0 Å². The summed E-state index contributed by atoms with van der Waals surface area (Å²) in [4.78, 5) is 7.19. The van der Waals surface area contributed by atoms with Crippen molar-refractivity contribution < 1.29 is 5.11 Å². The number of imidazole rings is 1. The Hall–Kier alpha value is -3.32. The lowest BCUT2D eigenvalue weighted by Gasteiger charge is -2.07. The molecule has 0 saturated carbocycles. The molecule has 0 saturated heterocycles. The van der Waals surface area contributed by atoms with Crippen LogP contribution in [0.25, 0.3) is 33.8 Å². The van der Waals surface area contributed by atoms with Gasteiger partial charge in [-0.2, -0.15) is 5.21 Å². The van der Waals surface area contributed by atoms with Gasteiger partial charge in [-0.1, -0.05) is 48.5 Å². The molecule has 0 fully saturated rings. The standard InChI is InChI=1S/C17H14N6O/c24-10-16-18-9-15(19-16)12-7-5-11(6-8-12)13-3-1-2-4-14(13)17-20-22-23-21-17/h1-9,24H,10H2,(H,18,19)(H,20,21,22,23). The van der Waals surface area contributed by atoms with Crippen LogP contribution in [0, 0.1) is 0 Å². The first-order valence-electron chi connectivity index (χ1n) is 7.43. The molecule has 2 aromatic heterocycles. The number of hydrogen-bond donors (Lipinski definition) is 3. The van der Waals surface area contributed by atoms with Crippen molar-refractivity contribution in [2.45, 2.75) is 6.61 Å². The molecule has 0 bridgehead atoms. The van der Waals surface area contributed by atoms with Crippen molar-refractivity contribution >= 4 is 0 Å². The monoisotopic (exact) mass is 318 g/mol. The zero-order valence-corrected chi connectivity index (χ0v) is 12.6. The summed E-state index contributed by atoms with van der Waals surface area (Å²) in [6.45, 7) is -0.101. The molecule has 3 N–H and O–H groups in total. The van der Waals surface area contributed by atoms with E-state index in [9.17, 15) is 0 Å². The normalized spacial score (nSPS) is 10.9. The van der Waals surface area contributed by atoms with E-state index >= 15 is 0 Å². The number of nitrogens with zero attached hydrogens (tertiary/aromatic N) is 4. The Morgan fingerprint density at radius 2 is 1.67 bits per heavy atom. The van der Waals surface area contributed by atoms with Crippen LogP contribution in [0.5, 0.6) is 0 Å². The van der Waals surface area contributed by atoms with Crippen molar-refractivity contribution in [1.29, 1.82) is 0 Å². The van der Waals surface area contributed by atoms with Gasteiger partial charge in [-0.25, -0.2) is 4.98 Å². The molecule has 0 unspecified atom stereocenters. The van der Waals surface area contributed by atoms with E-state index in [1.54, 1.807) is 6.20 Å². The van der Waals surface area contributed by atoms with Gasteiger partial charge in [-0.15, -0.1) is 10.2 Å². The van der Waals surface area contributed by atoms with Crippen molar-refractivity contribution in [1.82, 2.24) is 30.6 Å². The largest absolute Gasteiger partial charge is 0.388 e. The molecule has 0 aliphatic heterocycles. The van der Waals surface area contributed by atoms with E-state index < -0.39 is 0 Å². The Labute approximate surface area is 137 Å². The molecule has 0 spiro atoms. The molecule has 7 nitrogen and oxygen atoms in total. The van der Waals surface area contributed by atoms with E-state index in [1.807, 2.05) is 48.5 Å². The van der Waals surface area contributed by atoms with Crippen molar-refractivity contribution in [3.05, 3.63) is 60.6 Å². The van der Waals surface area contributed by atoms with Crippen LogP contribution < -0.4 is 0 Å². The van der Waals surface area contributed by atoms with Crippen LogP contribution in [0.3, 0.4) is 0 Å². The minimum atomic E-state index is -0.101. The van der Waals surface area contributed by atoms with E-state index in [0.29, 0.717) is 11.6 Å². The first-order valence-corrected chi connectivity index (χ1v) is 7.43. The van der Waals surface area contributed by atoms with Crippen LogP contribution in [0.15, 0.2) is 54.7 Å². The van der Waals surface area contributed by atoms with Gasteiger partial charge in [0, 0.05) is 5.56 Å². The maximum Gasteiger partial charge on any atom is 0.205 e. The molecular formula is C17H14N6O. The van der Waals surface area contributed by atoms with Gasteiger partial charge in [0.15, 0.2) is 0 Å². The summed E-state index contributed by atoms with van der Waals surface area (Å²) in [6.07, 6.45) is 1.72. The third kappa shape index (κ3) is 2.57. The van der Waals surface area contributed by atoms with E-state index in [2.05, 4.69) is 30.6 Å². The lowest BCUT2D eigenvalue weighted by Crippen LogP contribution is -1.88. The number of hydrogen-bond acceptors (Lipinski definition) is 5. The molecule has 0 aliphatic carbocycles. The molecule has 0 amide bonds. The number of benzene rings is 2. The van der Waals surface area contributed by atoms with Crippen LogP contribution >= 0.6 is 0 Å². The summed E-state index contributed by atoms with van der Waals surface area (Å²) in [5.41, 5.74) is 4.88. The molecule has 2 aromatic carbocycles. The molecular weight excluding hydrogens is 304 g/mol. The Balaban J connectivity index is 1.71. The van der Waals surface area contributed by atoms with Crippen molar-refractivity contribution in [2.24, 2.45) is 0 Å². The Kier molecular flexibility index (Phi) is 3.60. The Bertz CT molecular complexity index is 943. The minimum absolute atomic E-state index is 0.101. The number of aromatic amines is 2. The van der Waals surface area contributed by atoms with E-state index in [4.69, 9.17) is 5.11 Å². The smallest absolute Gasteiger partial charge is 0.205 e.